The van der Waals surface area contributed by atoms with Crippen molar-refractivity contribution in [3.63, 3.8) is 0 Å². The topological polar surface area (TPSA) is 90.3 Å². The van der Waals surface area contributed by atoms with Gasteiger partial charge >= 0.3 is 5.97 Å². The quantitative estimate of drug-likeness (QED) is 0.640. The molecule has 0 unspecified atom stereocenters. The highest BCUT2D eigenvalue weighted by Crippen LogP contribution is 2.10. The lowest BCUT2D eigenvalue weighted by molar-refractivity contribution is -0.145. The minimum Gasteiger partial charge on any atom is -0.467 e. The molecule has 1 N–H and O–H groups in total. The van der Waals surface area contributed by atoms with Gasteiger partial charge in [-0.15, -0.1) is 0 Å². The van der Waals surface area contributed by atoms with Crippen LogP contribution < -0.4 is 10.9 Å². The number of hydrogen-bond donors (Lipinski definition) is 1. The van der Waals surface area contributed by atoms with Crippen molar-refractivity contribution < 1.29 is 18.7 Å². The van der Waals surface area contributed by atoms with E-state index in [9.17, 15) is 18.8 Å². The van der Waals surface area contributed by atoms with Crippen molar-refractivity contribution in [2.45, 2.75) is 25.9 Å². The third kappa shape index (κ3) is 4.66. The van der Waals surface area contributed by atoms with E-state index in [2.05, 4.69) is 10.3 Å². The van der Waals surface area contributed by atoms with E-state index in [1.165, 1.54) is 19.2 Å². The summed E-state index contributed by atoms with van der Waals surface area (Å²) < 4.78 is 19.4. The molecule has 0 fully saturated rings. The number of halogens is 1. The third-order valence-electron chi connectivity index (χ3n) is 4.51. The van der Waals surface area contributed by atoms with Gasteiger partial charge in [-0.1, -0.05) is 30.3 Å². The fourth-order valence-corrected chi connectivity index (χ4v) is 3.06. The smallest absolute Gasteiger partial charge is 0.328 e. The van der Waals surface area contributed by atoms with Gasteiger partial charge in [0.05, 0.1) is 18.0 Å². The summed E-state index contributed by atoms with van der Waals surface area (Å²) in [6.07, 6.45) is 0.244. The minimum atomic E-state index is -0.906. The molecule has 0 spiro atoms. The van der Waals surface area contributed by atoms with Gasteiger partial charge in [-0.05, 0) is 30.7 Å². The molecule has 7 nitrogen and oxygen atoms in total. The van der Waals surface area contributed by atoms with Gasteiger partial charge in [0.2, 0.25) is 5.91 Å². The second-order valence-electron chi connectivity index (χ2n) is 6.54. The van der Waals surface area contributed by atoms with Gasteiger partial charge in [-0.25, -0.2) is 14.2 Å². The summed E-state index contributed by atoms with van der Waals surface area (Å²) in [5.74, 6) is -1.41. The molecule has 0 aliphatic heterocycles. The van der Waals surface area contributed by atoms with Crippen molar-refractivity contribution in [3.05, 3.63) is 76.1 Å². The van der Waals surface area contributed by atoms with E-state index in [0.29, 0.717) is 11.3 Å². The van der Waals surface area contributed by atoms with E-state index >= 15 is 0 Å². The molecular weight excluding hydrogens is 377 g/mol. The molecule has 1 heterocycles. The van der Waals surface area contributed by atoms with Crippen LogP contribution in [0.15, 0.2) is 53.3 Å². The Hall–Kier alpha value is -3.55. The van der Waals surface area contributed by atoms with Crippen molar-refractivity contribution in [1.82, 2.24) is 14.9 Å². The highest BCUT2D eigenvalue weighted by molar-refractivity contribution is 5.85. The predicted octanol–water partition coefficient (Wildman–Crippen LogP) is 1.74. The maximum atomic E-state index is 13.5. The van der Waals surface area contributed by atoms with Crippen LogP contribution in [0.5, 0.6) is 0 Å². The molecule has 150 valence electrons. The number of ether oxygens (including phenoxy) is 1. The number of aromatic nitrogens is 2. The summed E-state index contributed by atoms with van der Waals surface area (Å²) in [7, 11) is 1.24. The maximum absolute atomic E-state index is 13.5. The molecule has 3 rings (SSSR count). The Morgan fingerprint density at radius 1 is 1.21 bits per heavy atom. The second-order valence-corrected chi connectivity index (χ2v) is 6.54. The molecule has 29 heavy (non-hydrogen) atoms. The molecule has 2 aromatic carbocycles. The Bertz CT molecular complexity index is 1110. The molecule has 0 aliphatic carbocycles. The number of carbonyl (C=O) groups is 2. The average molecular weight is 397 g/mol. The van der Waals surface area contributed by atoms with Gasteiger partial charge in [0.1, 0.15) is 24.2 Å². The number of aryl methyl sites for hydroxylation is 1. The highest BCUT2D eigenvalue weighted by atomic mass is 19.1. The minimum absolute atomic E-state index is 0.0807. The monoisotopic (exact) mass is 397 g/mol. The zero-order valence-electron chi connectivity index (χ0n) is 16.0. The zero-order valence-corrected chi connectivity index (χ0v) is 16.0. The van der Waals surface area contributed by atoms with Crippen molar-refractivity contribution in [3.8, 4) is 0 Å². The standard InChI is InChI=1S/C21H20FN3O4/c1-13-23-17-9-8-15(22)11-16(17)20(27)25(13)12-19(26)24-18(21(28)29-2)10-14-6-4-3-5-7-14/h3-9,11,18H,10,12H2,1-2H3,(H,24,26)/t18-/m1/s1. The van der Waals surface area contributed by atoms with Crippen LogP contribution >= 0.6 is 0 Å². The molecule has 1 aromatic heterocycles. The molecule has 0 bridgehead atoms. The summed E-state index contributed by atoms with van der Waals surface area (Å²) in [5, 5.41) is 2.68. The molecule has 0 saturated heterocycles. The number of amides is 1. The van der Waals surface area contributed by atoms with Crippen LogP contribution in [0.25, 0.3) is 10.9 Å². The largest absolute Gasteiger partial charge is 0.467 e. The third-order valence-corrected chi connectivity index (χ3v) is 4.51. The number of methoxy groups -OCH3 is 1. The molecule has 8 heteroatoms. The van der Waals surface area contributed by atoms with E-state index in [4.69, 9.17) is 4.74 Å². The average Bonchev–Trinajstić information content (AvgIpc) is 2.71. The van der Waals surface area contributed by atoms with Gasteiger partial charge in [0, 0.05) is 6.42 Å². The number of benzene rings is 2. The number of hydrogen-bond acceptors (Lipinski definition) is 5. The number of rotatable bonds is 6. The lowest BCUT2D eigenvalue weighted by Gasteiger charge is -2.18. The van der Waals surface area contributed by atoms with Gasteiger partial charge in [-0.2, -0.15) is 0 Å². The Morgan fingerprint density at radius 3 is 2.62 bits per heavy atom. The molecule has 0 aliphatic rings. The predicted molar refractivity (Wildman–Crippen MR) is 105 cm³/mol. The SMILES string of the molecule is COC(=O)[C@@H](Cc1ccccc1)NC(=O)Cn1c(C)nc2ccc(F)cc2c1=O. The van der Waals surface area contributed by atoms with Gasteiger partial charge in [0.25, 0.3) is 5.56 Å². The number of nitrogens with zero attached hydrogens (tertiary/aromatic N) is 2. The first-order chi connectivity index (χ1) is 13.9. The lowest BCUT2D eigenvalue weighted by atomic mass is 10.1. The number of esters is 1. The zero-order chi connectivity index (χ0) is 21.0. The van der Waals surface area contributed by atoms with Crippen LogP contribution in [0, 0.1) is 12.7 Å². The Labute approximate surface area is 166 Å². The highest BCUT2D eigenvalue weighted by Gasteiger charge is 2.23. The Kier molecular flexibility index (Phi) is 6.01. The van der Waals surface area contributed by atoms with Crippen LogP contribution in [0.4, 0.5) is 4.39 Å². The van der Waals surface area contributed by atoms with Crippen molar-refractivity contribution >= 4 is 22.8 Å². The summed E-state index contributed by atoms with van der Waals surface area (Å²) >= 11 is 0. The first-order valence-corrected chi connectivity index (χ1v) is 8.97. The normalized spacial score (nSPS) is 11.8. The second kappa shape index (κ2) is 8.64. The number of nitrogens with one attached hydrogen (secondary N) is 1. The summed E-state index contributed by atoms with van der Waals surface area (Å²) in [6, 6.07) is 12.0. The van der Waals surface area contributed by atoms with E-state index in [1.807, 2.05) is 30.3 Å². The molecule has 1 atom stereocenters. The Morgan fingerprint density at radius 2 is 1.93 bits per heavy atom. The first kappa shape index (κ1) is 20.2. The molecule has 1 amide bonds. The van der Waals surface area contributed by atoms with Gasteiger partial charge < -0.3 is 10.1 Å². The lowest BCUT2D eigenvalue weighted by Crippen LogP contribution is -2.45. The summed E-state index contributed by atoms with van der Waals surface area (Å²) in [4.78, 5) is 41.6. The van der Waals surface area contributed by atoms with Crippen molar-refractivity contribution in [1.29, 1.82) is 0 Å². The van der Waals surface area contributed by atoms with E-state index in [1.54, 1.807) is 6.92 Å². The van der Waals surface area contributed by atoms with Crippen LogP contribution in [0.1, 0.15) is 11.4 Å². The van der Waals surface area contributed by atoms with E-state index in [-0.39, 0.29) is 18.4 Å². The maximum Gasteiger partial charge on any atom is 0.328 e. The number of carbonyl (C=O) groups excluding carboxylic acids is 2. The van der Waals surface area contributed by atoms with Crippen molar-refractivity contribution in [2.24, 2.45) is 0 Å². The van der Waals surface area contributed by atoms with Crippen LogP contribution in [0.3, 0.4) is 0 Å². The van der Waals surface area contributed by atoms with E-state index < -0.39 is 29.3 Å². The number of fused-ring (bicyclic) bond motifs is 1. The first-order valence-electron chi connectivity index (χ1n) is 8.97. The van der Waals surface area contributed by atoms with Crippen LogP contribution in [0.2, 0.25) is 0 Å². The van der Waals surface area contributed by atoms with Crippen LogP contribution in [-0.4, -0.2) is 34.6 Å². The summed E-state index contributed by atoms with van der Waals surface area (Å²) in [6.45, 7) is 1.23. The van der Waals surface area contributed by atoms with Gasteiger partial charge in [-0.3, -0.25) is 14.2 Å². The van der Waals surface area contributed by atoms with Crippen molar-refractivity contribution in [2.75, 3.05) is 7.11 Å². The van der Waals surface area contributed by atoms with Crippen LogP contribution in [-0.2, 0) is 27.3 Å². The van der Waals surface area contributed by atoms with E-state index in [0.717, 1.165) is 16.2 Å². The Balaban J connectivity index is 1.83. The summed E-state index contributed by atoms with van der Waals surface area (Å²) in [5.41, 5.74) is 0.668. The molecule has 0 saturated carbocycles. The fourth-order valence-electron chi connectivity index (χ4n) is 3.06. The molecular formula is C21H20FN3O4. The molecule has 3 aromatic rings. The fraction of sp³-hybridized carbons (Fsp3) is 0.238. The van der Waals surface area contributed by atoms with Gasteiger partial charge in [0.15, 0.2) is 0 Å². The molecule has 0 radical (unpaired) electrons.